The molecule has 0 aromatic heterocycles. The Kier molecular flexibility index (Phi) is 7.32. The Balaban J connectivity index is 1.79. The van der Waals surface area contributed by atoms with Gasteiger partial charge in [-0.1, -0.05) is 53.5 Å². The molecular weight excluding hydrogens is 429 g/mol. The highest BCUT2D eigenvalue weighted by Gasteiger charge is 2.31. The molecule has 7 nitrogen and oxygen atoms in total. The number of ether oxygens (including phenoxy) is 2. The fraction of sp³-hybridized carbons (Fsp3) is 0.190. The molecule has 1 heterocycles. The van der Waals surface area contributed by atoms with Gasteiger partial charge in [0.15, 0.2) is 0 Å². The smallest absolute Gasteiger partial charge is 0.345 e. The maximum Gasteiger partial charge on any atom is 0.345 e. The summed E-state index contributed by atoms with van der Waals surface area (Å²) in [6.45, 7) is 1.86. The molecule has 2 aromatic carbocycles. The average Bonchev–Trinajstić information content (AvgIpc) is 3.12. The summed E-state index contributed by atoms with van der Waals surface area (Å²) in [7, 11) is 0. The third-order valence-corrected chi connectivity index (χ3v) is 4.79. The third kappa shape index (κ3) is 5.52. The van der Waals surface area contributed by atoms with Crippen LogP contribution in [0.1, 0.15) is 12.5 Å². The fourth-order valence-corrected chi connectivity index (χ4v) is 2.97. The van der Waals surface area contributed by atoms with Crippen molar-refractivity contribution in [3.63, 3.8) is 0 Å². The van der Waals surface area contributed by atoms with Crippen molar-refractivity contribution in [3.05, 3.63) is 75.6 Å². The first-order chi connectivity index (χ1) is 14.5. The zero-order valence-electron chi connectivity index (χ0n) is 16.1. The van der Waals surface area contributed by atoms with Crippen LogP contribution in [0.4, 0.5) is 5.69 Å². The largest absolute Gasteiger partial charge is 0.472 e. The van der Waals surface area contributed by atoms with E-state index in [1.165, 1.54) is 0 Å². The SMILES string of the molecule is CCOC(=O)C1=C(Nc2ccc(Cl)c(Cl)c2)OC/C1=N/NC(=O)Cc1ccccc1. The number of nitrogens with one attached hydrogen (secondary N) is 2. The summed E-state index contributed by atoms with van der Waals surface area (Å²) in [6.07, 6.45) is 0.158. The summed E-state index contributed by atoms with van der Waals surface area (Å²) in [6, 6.07) is 14.2. The predicted octanol–water partition coefficient (Wildman–Crippen LogP) is 3.93. The lowest BCUT2D eigenvalue weighted by Gasteiger charge is -2.09. The van der Waals surface area contributed by atoms with E-state index >= 15 is 0 Å². The first kappa shape index (κ1) is 21.7. The van der Waals surface area contributed by atoms with Gasteiger partial charge in [-0.2, -0.15) is 5.10 Å². The molecule has 0 fully saturated rings. The molecule has 0 bridgehead atoms. The summed E-state index contributed by atoms with van der Waals surface area (Å²) < 4.78 is 10.7. The number of nitrogens with zero attached hydrogens (tertiary/aromatic N) is 1. The van der Waals surface area contributed by atoms with Crippen molar-refractivity contribution in [2.75, 3.05) is 18.5 Å². The lowest BCUT2D eigenvalue weighted by atomic mass is 10.1. The molecule has 30 heavy (non-hydrogen) atoms. The van der Waals surface area contributed by atoms with E-state index in [2.05, 4.69) is 15.8 Å². The zero-order chi connectivity index (χ0) is 21.5. The summed E-state index contributed by atoms with van der Waals surface area (Å²) in [5.74, 6) is -0.778. The molecule has 0 saturated heterocycles. The second kappa shape index (κ2) is 10.1. The molecular formula is C21H19Cl2N3O4. The van der Waals surface area contributed by atoms with Crippen molar-refractivity contribution in [2.45, 2.75) is 13.3 Å². The number of esters is 1. The van der Waals surface area contributed by atoms with Gasteiger partial charge in [-0.05, 0) is 30.7 Å². The van der Waals surface area contributed by atoms with Gasteiger partial charge in [0.2, 0.25) is 11.8 Å². The fourth-order valence-electron chi connectivity index (χ4n) is 2.67. The van der Waals surface area contributed by atoms with Crippen LogP contribution in [0, 0.1) is 0 Å². The number of halogens is 2. The first-order valence-electron chi connectivity index (χ1n) is 9.14. The quantitative estimate of drug-likeness (QED) is 0.495. The number of hydrazone groups is 1. The van der Waals surface area contributed by atoms with Crippen molar-refractivity contribution in [1.29, 1.82) is 0 Å². The van der Waals surface area contributed by atoms with Crippen LogP contribution in [0.15, 0.2) is 65.1 Å². The molecule has 3 rings (SSSR count). The topological polar surface area (TPSA) is 89.0 Å². The number of carbonyl (C=O) groups excluding carboxylic acids is 2. The molecule has 0 spiro atoms. The molecule has 1 amide bonds. The second-order valence-corrected chi connectivity index (χ2v) is 7.04. The van der Waals surface area contributed by atoms with E-state index in [9.17, 15) is 9.59 Å². The molecule has 0 unspecified atom stereocenters. The molecule has 0 atom stereocenters. The minimum absolute atomic E-state index is 0.0105. The Hall–Kier alpha value is -3.03. The molecule has 1 aliphatic heterocycles. The molecule has 9 heteroatoms. The van der Waals surface area contributed by atoms with Crippen LogP contribution < -0.4 is 10.7 Å². The Morgan fingerprint density at radius 3 is 2.60 bits per heavy atom. The lowest BCUT2D eigenvalue weighted by molar-refractivity contribution is -0.138. The van der Waals surface area contributed by atoms with E-state index in [4.69, 9.17) is 32.7 Å². The highest BCUT2D eigenvalue weighted by atomic mass is 35.5. The maximum atomic E-state index is 12.5. The predicted molar refractivity (Wildman–Crippen MR) is 115 cm³/mol. The van der Waals surface area contributed by atoms with Crippen LogP contribution in [0.25, 0.3) is 0 Å². The van der Waals surface area contributed by atoms with Crippen molar-refractivity contribution in [2.24, 2.45) is 5.10 Å². The summed E-state index contributed by atoms with van der Waals surface area (Å²) in [5.41, 5.74) is 4.22. The first-order valence-corrected chi connectivity index (χ1v) is 9.89. The Morgan fingerprint density at radius 2 is 1.90 bits per heavy atom. The van der Waals surface area contributed by atoms with Crippen molar-refractivity contribution in [1.82, 2.24) is 5.43 Å². The molecule has 0 saturated carbocycles. The van der Waals surface area contributed by atoms with Crippen LogP contribution in [-0.2, 0) is 25.5 Å². The van der Waals surface area contributed by atoms with E-state index < -0.39 is 5.97 Å². The number of rotatable bonds is 7. The molecule has 0 aliphatic carbocycles. The van der Waals surface area contributed by atoms with Crippen LogP contribution in [0.5, 0.6) is 0 Å². The Labute approximate surface area is 183 Å². The van der Waals surface area contributed by atoms with Crippen LogP contribution in [-0.4, -0.2) is 30.8 Å². The van der Waals surface area contributed by atoms with Gasteiger partial charge in [0.05, 0.1) is 23.1 Å². The van der Waals surface area contributed by atoms with Crippen LogP contribution in [0.2, 0.25) is 10.0 Å². The zero-order valence-corrected chi connectivity index (χ0v) is 17.6. The van der Waals surface area contributed by atoms with Gasteiger partial charge >= 0.3 is 5.97 Å². The maximum absolute atomic E-state index is 12.5. The van der Waals surface area contributed by atoms with E-state index in [0.717, 1.165) is 5.56 Å². The Morgan fingerprint density at radius 1 is 1.13 bits per heavy atom. The Bertz CT molecular complexity index is 1010. The van der Waals surface area contributed by atoms with Crippen molar-refractivity contribution in [3.8, 4) is 0 Å². The molecule has 156 valence electrons. The van der Waals surface area contributed by atoms with Gasteiger partial charge in [-0.15, -0.1) is 0 Å². The van der Waals surface area contributed by atoms with Gasteiger partial charge in [0.1, 0.15) is 17.9 Å². The summed E-state index contributed by atoms with van der Waals surface area (Å²) >= 11 is 12.0. The van der Waals surface area contributed by atoms with E-state index in [1.807, 2.05) is 30.3 Å². The third-order valence-electron chi connectivity index (χ3n) is 4.05. The summed E-state index contributed by atoms with van der Waals surface area (Å²) in [4.78, 5) is 24.7. The number of carbonyl (C=O) groups is 2. The minimum Gasteiger partial charge on any atom is -0.472 e. The minimum atomic E-state index is -0.617. The normalized spacial score (nSPS) is 14.4. The standard InChI is InChI=1S/C21H19Cl2N3O4/c1-2-29-21(28)19-17(25-26-18(27)10-13-6-4-3-5-7-13)12-30-20(19)24-14-8-9-15(22)16(23)11-14/h3-9,11,24H,2,10,12H2,1H3,(H,26,27)/b25-17-. The van der Waals surface area contributed by atoms with Crippen LogP contribution >= 0.6 is 23.2 Å². The monoisotopic (exact) mass is 447 g/mol. The van der Waals surface area contributed by atoms with Crippen molar-refractivity contribution < 1.29 is 19.1 Å². The molecule has 2 N–H and O–H groups in total. The van der Waals surface area contributed by atoms with Gasteiger partial charge in [-0.25, -0.2) is 10.2 Å². The van der Waals surface area contributed by atoms with Gasteiger partial charge in [0, 0.05) is 5.69 Å². The second-order valence-electron chi connectivity index (χ2n) is 6.22. The van der Waals surface area contributed by atoms with E-state index in [1.54, 1.807) is 25.1 Å². The van der Waals surface area contributed by atoms with Crippen LogP contribution in [0.3, 0.4) is 0 Å². The van der Waals surface area contributed by atoms with Gasteiger partial charge < -0.3 is 14.8 Å². The highest BCUT2D eigenvalue weighted by Crippen LogP contribution is 2.27. The van der Waals surface area contributed by atoms with Gasteiger partial charge in [0.25, 0.3) is 0 Å². The average molecular weight is 448 g/mol. The number of amides is 1. The number of anilines is 1. The number of benzene rings is 2. The molecule has 2 aromatic rings. The van der Waals surface area contributed by atoms with Crippen molar-refractivity contribution >= 4 is 46.5 Å². The molecule has 1 aliphatic rings. The number of hydrogen-bond acceptors (Lipinski definition) is 6. The van der Waals surface area contributed by atoms with E-state index in [0.29, 0.717) is 15.7 Å². The summed E-state index contributed by atoms with van der Waals surface area (Å²) in [5, 5.41) is 7.80. The van der Waals surface area contributed by atoms with E-state index in [-0.39, 0.29) is 42.7 Å². The molecule has 0 radical (unpaired) electrons. The highest BCUT2D eigenvalue weighted by molar-refractivity contribution is 6.42. The van der Waals surface area contributed by atoms with Gasteiger partial charge in [-0.3, -0.25) is 4.79 Å². The lowest BCUT2D eigenvalue weighted by Crippen LogP contribution is -2.24. The number of hydrogen-bond donors (Lipinski definition) is 2.